The molecule has 3 rings (SSSR count). The average Bonchev–Trinajstić information content (AvgIpc) is 2.83. The summed E-state index contributed by atoms with van der Waals surface area (Å²) in [5.41, 5.74) is 2.41. The number of hydrogen-bond acceptors (Lipinski definition) is 7. The third-order valence-electron chi connectivity index (χ3n) is 4.54. The van der Waals surface area contributed by atoms with Crippen LogP contribution < -0.4 is 14.5 Å². The third kappa shape index (κ3) is 5.69. The van der Waals surface area contributed by atoms with Gasteiger partial charge in [-0.1, -0.05) is 41.9 Å². The molecule has 0 unspecified atom stereocenters. The van der Waals surface area contributed by atoms with Crippen LogP contribution in [0.5, 0.6) is 5.75 Å². The first kappa shape index (κ1) is 24.7. The highest BCUT2D eigenvalue weighted by molar-refractivity contribution is 7.92. The van der Waals surface area contributed by atoms with Crippen LogP contribution in [0, 0.1) is 10.1 Å². The van der Waals surface area contributed by atoms with Crippen LogP contribution >= 0.6 is 11.6 Å². The quantitative estimate of drug-likeness (QED) is 0.270. The second kappa shape index (κ2) is 10.8. The Labute approximate surface area is 200 Å². The maximum Gasteiger partial charge on any atom is 0.311 e. The molecule has 0 bridgehead atoms. The molecule has 1 N–H and O–H groups in total. The summed E-state index contributed by atoms with van der Waals surface area (Å²) in [7, 11) is -2.81. The van der Waals surface area contributed by atoms with Gasteiger partial charge in [-0.25, -0.2) is 13.8 Å². The number of nitro benzene ring substituents is 1. The second-order valence-corrected chi connectivity index (χ2v) is 9.03. The molecule has 0 saturated carbocycles. The molecule has 0 spiro atoms. The molecule has 0 aromatic heterocycles. The zero-order chi connectivity index (χ0) is 24.7. The molecule has 0 atom stereocenters. The van der Waals surface area contributed by atoms with E-state index in [0.29, 0.717) is 5.56 Å². The van der Waals surface area contributed by atoms with Crippen LogP contribution in [-0.4, -0.2) is 39.1 Å². The molecular weight excluding hydrogens is 484 g/mol. The maximum absolute atomic E-state index is 13.3. The minimum Gasteiger partial charge on any atom is -0.490 e. The van der Waals surface area contributed by atoms with Crippen molar-refractivity contribution in [2.24, 2.45) is 5.10 Å². The Hall–Kier alpha value is -3.96. The molecule has 12 heteroatoms. The third-order valence-corrected chi connectivity index (χ3v) is 6.64. The highest BCUT2D eigenvalue weighted by atomic mass is 35.5. The largest absolute Gasteiger partial charge is 0.490 e. The van der Waals surface area contributed by atoms with E-state index in [2.05, 4.69) is 10.5 Å². The Morgan fingerprint density at radius 3 is 2.47 bits per heavy atom. The van der Waals surface area contributed by atoms with Gasteiger partial charge in [-0.3, -0.25) is 19.2 Å². The number of nitro groups is 1. The molecule has 10 nitrogen and oxygen atoms in total. The molecular formula is C22H19ClN4O6S. The van der Waals surface area contributed by atoms with Gasteiger partial charge in [-0.15, -0.1) is 0 Å². The Kier molecular flexibility index (Phi) is 7.82. The van der Waals surface area contributed by atoms with Gasteiger partial charge in [-0.2, -0.15) is 5.10 Å². The van der Waals surface area contributed by atoms with Crippen molar-refractivity contribution in [1.82, 2.24) is 5.43 Å². The van der Waals surface area contributed by atoms with Gasteiger partial charge in [0.1, 0.15) is 6.54 Å². The van der Waals surface area contributed by atoms with Crippen molar-refractivity contribution >= 4 is 45.1 Å². The van der Waals surface area contributed by atoms with Crippen molar-refractivity contribution in [3.63, 3.8) is 0 Å². The van der Waals surface area contributed by atoms with Crippen LogP contribution in [-0.2, 0) is 14.8 Å². The molecule has 0 aliphatic carbocycles. The summed E-state index contributed by atoms with van der Waals surface area (Å²) in [5.74, 6) is -0.675. The number of nitrogens with one attached hydrogen (secondary N) is 1. The van der Waals surface area contributed by atoms with Crippen LogP contribution in [0.25, 0.3) is 0 Å². The highest BCUT2D eigenvalue weighted by Gasteiger charge is 2.28. The van der Waals surface area contributed by atoms with Crippen LogP contribution in [0.2, 0.25) is 5.02 Å². The minimum absolute atomic E-state index is 0.0169. The lowest BCUT2D eigenvalue weighted by atomic mass is 10.2. The summed E-state index contributed by atoms with van der Waals surface area (Å²) >= 11 is 6.21. The summed E-state index contributed by atoms with van der Waals surface area (Å²) in [5, 5.41) is 15.1. The van der Waals surface area contributed by atoms with E-state index in [-0.39, 0.29) is 27.0 Å². The molecule has 0 radical (unpaired) electrons. The Morgan fingerprint density at radius 1 is 1.15 bits per heavy atom. The number of amides is 1. The summed E-state index contributed by atoms with van der Waals surface area (Å²) in [6, 6.07) is 18.0. The number of sulfonamides is 1. The number of ether oxygens (including phenoxy) is 1. The van der Waals surface area contributed by atoms with Gasteiger partial charge in [0.15, 0.2) is 5.75 Å². The van der Waals surface area contributed by atoms with Gasteiger partial charge in [0.05, 0.1) is 33.9 Å². The van der Waals surface area contributed by atoms with E-state index in [1.165, 1.54) is 55.8 Å². The van der Waals surface area contributed by atoms with E-state index in [9.17, 15) is 23.3 Å². The first-order valence-electron chi connectivity index (χ1n) is 9.70. The van der Waals surface area contributed by atoms with Crippen molar-refractivity contribution in [3.8, 4) is 5.75 Å². The van der Waals surface area contributed by atoms with E-state index in [1.54, 1.807) is 30.3 Å². The lowest BCUT2D eigenvalue weighted by Gasteiger charge is -2.24. The van der Waals surface area contributed by atoms with Gasteiger partial charge < -0.3 is 4.74 Å². The first-order valence-corrected chi connectivity index (χ1v) is 11.5. The van der Waals surface area contributed by atoms with Crippen molar-refractivity contribution in [2.75, 3.05) is 18.0 Å². The van der Waals surface area contributed by atoms with Gasteiger partial charge >= 0.3 is 5.69 Å². The first-order chi connectivity index (χ1) is 16.2. The molecule has 0 saturated heterocycles. The molecule has 1 amide bonds. The number of carbonyl (C=O) groups excluding carboxylic acids is 1. The van der Waals surface area contributed by atoms with Crippen LogP contribution in [0.4, 0.5) is 11.4 Å². The number of hydrogen-bond donors (Lipinski definition) is 1. The van der Waals surface area contributed by atoms with Crippen molar-refractivity contribution in [2.45, 2.75) is 4.90 Å². The SMILES string of the molecule is COc1ccc(/C=N\NC(=O)CN(c2ccccc2Cl)S(=O)(=O)c2ccccc2)cc1[N+](=O)[O-]. The van der Waals surface area contributed by atoms with Crippen molar-refractivity contribution < 1.29 is 22.9 Å². The lowest BCUT2D eigenvalue weighted by Crippen LogP contribution is -2.39. The monoisotopic (exact) mass is 502 g/mol. The zero-order valence-electron chi connectivity index (χ0n) is 17.8. The standard InChI is InChI=1S/C22H19ClN4O6S/c1-33-21-12-11-16(13-20(21)27(29)30)14-24-25-22(28)15-26(19-10-6-5-9-18(19)23)34(31,32)17-7-3-2-4-8-17/h2-14H,15H2,1H3,(H,25,28)/b24-14-. The number of methoxy groups -OCH3 is 1. The Balaban J connectivity index is 1.82. The van der Waals surface area contributed by atoms with Gasteiger partial charge in [-0.05, 0) is 36.4 Å². The van der Waals surface area contributed by atoms with E-state index in [0.717, 1.165) is 4.31 Å². The number of anilines is 1. The fourth-order valence-electron chi connectivity index (χ4n) is 2.95. The fraction of sp³-hybridized carbons (Fsp3) is 0.0909. The van der Waals surface area contributed by atoms with E-state index in [1.807, 2.05) is 0 Å². The fourth-order valence-corrected chi connectivity index (χ4v) is 4.70. The number of rotatable bonds is 9. The number of benzene rings is 3. The van der Waals surface area contributed by atoms with Crippen LogP contribution in [0.1, 0.15) is 5.56 Å². The minimum atomic E-state index is -4.12. The topological polar surface area (TPSA) is 131 Å². The summed E-state index contributed by atoms with van der Waals surface area (Å²) in [4.78, 5) is 23.1. The predicted molar refractivity (Wildman–Crippen MR) is 128 cm³/mol. The summed E-state index contributed by atoms with van der Waals surface area (Å²) in [6.45, 7) is -0.610. The average molecular weight is 503 g/mol. The highest BCUT2D eigenvalue weighted by Crippen LogP contribution is 2.30. The molecule has 3 aromatic rings. The van der Waals surface area contributed by atoms with E-state index in [4.69, 9.17) is 16.3 Å². The molecule has 0 heterocycles. The Bertz CT molecular complexity index is 1330. The molecule has 3 aromatic carbocycles. The normalized spacial score (nSPS) is 11.2. The van der Waals surface area contributed by atoms with Gasteiger partial charge in [0.2, 0.25) is 0 Å². The smallest absolute Gasteiger partial charge is 0.311 e. The molecule has 0 fully saturated rings. The number of halogens is 1. The van der Waals surface area contributed by atoms with Gasteiger partial charge in [0, 0.05) is 11.6 Å². The number of hydrazone groups is 1. The molecule has 0 aliphatic rings. The Morgan fingerprint density at radius 2 is 1.82 bits per heavy atom. The zero-order valence-corrected chi connectivity index (χ0v) is 19.4. The number of carbonyl (C=O) groups is 1. The predicted octanol–water partition coefficient (Wildman–Crippen LogP) is 3.60. The molecule has 34 heavy (non-hydrogen) atoms. The summed E-state index contributed by atoms with van der Waals surface area (Å²) < 4.78 is 32.3. The second-order valence-electron chi connectivity index (χ2n) is 6.76. The van der Waals surface area contributed by atoms with Gasteiger partial charge in [0.25, 0.3) is 15.9 Å². The van der Waals surface area contributed by atoms with E-state index < -0.39 is 27.4 Å². The van der Waals surface area contributed by atoms with Crippen LogP contribution in [0.3, 0.4) is 0 Å². The van der Waals surface area contributed by atoms with E-state index >= 15 is 0 Å². The van der Waals surface area contributed by atoms with Crippen LogP contribution in [0.15, 0.2) is 82.8 Å². The summed E-state index contributed by atoms with van der Waals surface area (Å²) in [6.07, 6.45) is 1.19. The molecule has 0 aliphatic heterocycles. The van der Waals surface area contributed by atoms with Crippen molar-refractivity contribution in [1.29, 1.82) is 0 Å². The maximum atomic E-state index is 13.3. The van der Waals surface area contributed by atoms with Crippen molar-refractivity contribution in [3.05, 3.63) is 93.5 Å². The number of para-hydroxylation sites is 1. The number of nitrogens with zero attached hydrogens (tertiary/aromatic N) is 3. The molecule has 176 valence electrons. The lowest BCUT2D eigenvalue weighted by molar-refractivity contribution is -0.385.